The highest BCUT2D eigenvalue weighted by Gasteiger charge is 2.23. The van der Waals surface area contributed by atoms with Crippen LogP contribution in [-0.4, -0.2) is 34.6 Å². The normalized spacial score (nSPS) is 18.2. The molecule has 6 heteroatoms. The SMILES string of the molecule is N#Cc1ccc(N2CCC(COc3cc(C4CCC4)ncn3)CC2)nc1. The monoisotopic (exact) mass is 349 g/mol. The molecule has 3 heterocycles. The van der Waals surface area contributed by atoms with E-state index in [1.807, 2.05) is 18.2 Å². The van der Waals surface area contributed by atoms with Crippen LogP contribution in [0, 0.1) is 17.2 Å². The molecule has 1 aliphatic heterocycles. The second-order valence-corrected chi connectivity index (χ2v) is 7.17. The summed E-state index contributed by atoms with van der Waals surface area (Å²) in [6.45, 7) is 2.63. The van der Waals surface area contributed by atoms with E-state index in [-0.39, 0.29) is 0 Å². The number of anilines is 1. The van der Waals surface area contributed by atoms with Crippen LogP contribution in [0.3, 0.4) is 0 Å². The predicted molar refractivity (Wildman–Crippen MR) is 98.0 cm³/mol. The molecule has 2 aliphatic rings. The van der Waals surface area contributed by atoms with Gasteiger partial charge in [-0.3, -0.25) is 0 Å². The lowest BCUT2D eigenvalue weighted by Crippen LogP contribution is -2.36. The molecular weight excluding hydrogens is 326 g/mol. The lowest BCUT2D eigenvalue weighted by molar-refractivity contribution is 0.215. The van der Waals surface area contributed by atoms with E-state index >= 15 is 0 Å². The average Bonchev–Trinajstić information content (AvgIpc) is 2.66. The van der Waals surface area contributed by atoms with Crippen molar-refractivity contribution in [2.24, 2.45) is 5.92 Å². The summed E-state index contributed by atoms with van der Waals surface area (Å²) in [5.41, 5.74) is 1.73. The van der Waals surface area contributed by atoms with Gasteiger partial charge in [0.2, 0.25) is 5.88 Å². The van der Waals surface area contributed by atoms with Gasteiger partial charge in [-0.15, -0.1) is 0 Å². The number of nitriles is 1. The van der Waals surface area contributed by atoms with Crippen LogP contribution in [-0.2, 0) is 0 Å². The van der Waals surface area contributed by atoms with E-state index < -0.39 is 0 Å². The maximum atomic E-state index is 8.86. The fourth-order valence-corrected chi connectivity index (χ4v) is 3.53. The first-order valence-corrected chi connectivity index (χ1v) is 9.37. The highest BCUT2D eigenvalue weighted by atomic mass is 16.5. The average molecular weight is 349 g/mol. The molecule has 2 aromatic rings. The third-order valence-electron chi connectivity index (χ3n) is 5.47. The van der Waals surface area contributed by atoms with Gasteiger partial charge in [-0.05, 0) is 43.7 Å². The van der Waals surface area contributed by atoms with Crippen LogP contribution in [0.15, 0.2) is 30.7 Å². The Balaban J connectivity index is 1.26. The highest BCUT2D eigenvalue weighted by molar-refractivity contribution is 5.42. The molecular formula is C20H23N5O. The summed E-state index contributed by atoms with van der Waals surface area (Å²) in [5.74, 6) is 2.79. The van der Waals surface area contributed by atoms with E-state index in [2.05, 4.69) is 25.9 Å². The van der Waals surface area contributed by atoms with Crippen molar-refractivity contribution in [3.05, 3.63) is 42.0 Å². The molecule has 0 unspecified atom stereocenters. The first kappa shape index (κ1) is 16.8. The van der Waals surface area contributed by atoms with Gasteiger partial charge in [-0.25, -0.2) is 15.0 Å². The van der Waals surface area contributed by atoms with Crippen molar-refractivity contribution in [1.82, 2.24) is 15.0 Å². The Morgan fingerprint density at radius 2 is 1.96 bits per heavy atom. The van der Waals surface area contributed by atoms with Crippen molar-refractivity contribution in [1.29, 1.82) is 5.26 Å². The van der Waals surface area contributed by atoms with Gasteiger partial charge >= 0.3 is 0 Å². The number of piperidine rings is 1. The second kappa shape index (κ2) is 7.69. The van der Waals surface area contributed by atoms with Gasteiger partial charge in [-0.1, -0.05) is 6.42 Å². The number of ether oxygens (including phenoxy) is 1. The minimum Gasteiger partial charge on any atom is -0.477 e. The summed E-state index contributed by atoms with van der Waals surface area (Å²) in [7, 11) is 0. The molecule has 1 aliphatic carbocycles. The molecule has 0 N–H and O–H groups in total. The molecule has 4 rings (SSSR count). The summed E-state index contributed by atoms with van der Waals surface area (Å²) in [4.78, 5) is 15.3. The zero-order chi connectivity index (χ0) is 17.8. The van der Waals surface area contributed by atoms with Crippen LogP contribution in [0.2, 0.25) is 0 Å². The van der Waals surface area contributed by atoms with Gasteiger partial charge in [0.1, 0.15) is 18.2 Å². The Hall–Kier alpha value is -2.68. The summed E-state index contributed by atoms with van der Waals surface area (Å²) in [6.07, 6.45) is 9.18. The first-order chi connectivity index (χ1) is 12.8. The number of hydrogen-bond donors (Lipinski definition) is 0. The summed E-state index contributed by atoms with van der Waals surface area (Å²) < 4.78 is 5.95. The van der Waals surface area contributed by atoms with E-state index in [4.69, 9.17) is 10.00 Å². The van der Waals surface area contributed by atoms with Gasteiger partial charge in [0.25, 0.3) is 0 Å². The molecule has 0 radical (unpaired) electrons. The van der Waals surface area contributed by atoms with Gasteiger partial charge in [0.15, 0.2) is 0 Å². The predicted octanol–water partition coefficient (Wildman–Crippen LogP) is 3.31. The Labute approximate surface area is 153 Å². The van der Waals surface area contributed by atoms with E-state index in [0.29, 0.717) is 29.9 Å². The van der Waals surface area contributed by atoms with Crippen LogP contribution in [0.1, 0.15) is 49.3 Å². The minimum atomic E-state index is 0.534. The quantitative estimate of drug-likeness (QED) is 0.824. The molecule has 2 aromatic heterocycles. The molecule has 0 aromatic carbocycles. The Morgan fingerprint density at radius 1 is 1.12 bits per heavy atom. The Bertz CT molecular complexity index is 774. The van der Waals surface area contributed by atoms with Crippen molar-refractivity contribution in [2.75, 3.05) is 24.6 Å². The zero-order valence-electron chi connectivity index (χ0n) is 14.8. The molecule has 0 atom stereocenters. The number of nitrogens with zero attached hydrogens (tertiary/aromatic N) is 5. The first-order valence-electron chi connectivity index (χ1n) is 9.37. The maximum absolute atomic E-state index is 8.86. The molecule has 0 bridgehead atoms. The lowest BCUT2D eigenvalue weighted by atomic mass is 9.83. The van der Waals surface area contributed by atoms with Crippen molar-refractivity contribution in [3.8, 4) is 11.9 Å². The van der Waals surface area contributed by atoms with E-state index in [0.717, 1.165) is 37.4 Å². The molecule has 134 valence electrons. The molecule has 0 spiro atoms. The Kier molecular flexibility index (Phi) is 4.96. The third kappa shape index (κ3) is 3.77. The van der Waals surface area contributed by atoms with Crippen LogP contribution >= 0.6 is 0 Å². The largest absolute Gasteiger partial charge is 0.477 e. The summed E-state index contributed by atoms with van der Waals surface area (Å²) >= 11 is 0. The summed E-state index contributed by atoms with van der Waals surface area (Å²) in [5, 5.41) is 8.86. The molecule has 1 saturated heterocycles. The smallest absolute Gasteiger partial charge is 0.216 e. The topological polar surface area (TPSA) is 74.9 Å². The van der Waals surface area contributed by atoms with Gasteiger partial charge < -0.3 is 9.64 Å². The number of pyridine rings is 1. The molecule has 6 nitrogen and oxygen atoms in total. The highest BCUT2D eigenvalue weighted by Crippen LogP contribution is 2.35. The number of hydrogen-bond acceptors (Lipinski definition) is 6. The van der Waals surface area contributed by atoms with Crippen molar-refractivity contribution < 1.29 is 4.74 Å². The number of rotatable bonds is 5. The van der Waals surface area contributed by atoms with Crippen LogP contribution in [0.4, 0.5) is 5.82 Å². The molecule has 1 saturated carbocycles. The van der Waals surface area contributed by atoms with Gasteiger partial charge in [0, 0.05) is 31.3 Å². The van der Waals surface area contributed by atoms with Crippen molar-refractivity contribution in [2.45, 2.75) is 38.0 Å². The minimum absolute atomic E-state index is 0.534. The third-order valence-corrected chi connectivity index (χ3v) is 5.47. The lowest BCUT2D eigenvalue weighted by Gasteiger charge is -2.32. The fraction of sp³-hybridized carbons (Fsp3) is 0.500. The summed E-state index contributed by atoms with van der Waals surface area (Å²) in [6, 6.07) is 7.87. The van der Waals surface area contributed by atoms with E-state index in [1.165, 1.54) is 19.3 Å². The molecule has 26 heavy (non-hydrogen) atoms. The zero-order valence-corrected chi connectivity index (χ0v) is 14.8. The van der Waals surface area contributed by atoms with E-state index in [9.17, 15) is 0 Å². The van der Waals surface area contributed by atoms with Crippen LogP contribution in [0.5, 0.6) is 5.88 Å². The van der Waals surface area contributed by atoms with E-state index in [1.54, 1.807) is 12.5 Å². The van der Waals surface area contributed by atoms with Crippen molar-refractivity contribution >= 4 is 5.82 Å². The van der Waals surface area contributed by atoms with Crippen molar-refractivity contribution in [3.63, 3.8) is 0 Å². The second-order valence-electron chi connectivity index (χ2n) is 7.17. The van der Waals surface area contributed by atoms with Crippen LogP contribution < -0.4 is 9.64 Å². The standard InChI is InChI=1S/C20H23N5O/c21-11-16-4-5-19(22-12-16)25-8-6-15(7-9-25)13-26-20-10-18(23-14-24-20)17-2-1-3-17/h4-5,10,12,14-15,17H,1-3,6-9,13H2. The Morgan fingerprint density at radius 3 is 2.62 bits per heavy atom. The van der Waals surface area contributed by atoms with Crippen LogP contribution in [0.25, 0.3) is 0 Å². The molecule has 2 fully saturated rings. The molecule has 0 amide bonds. The van der Waals surface area contributed by atoms with Gasteiger partial charge in [-0.2, -0.15) is 5.26 Å². The number of aromatic nitrogens is 3. The fourth-order valence-electron chi connectivity index (χ4n) is 3.53. The maximum Gasteiger partial charge on any atom is 0.216 e. The van der Waals surface area contributed by atoms with Gasteiger partial charge in [0.05, 0.1) is 17.9 Å².